The van der Waals surface area contributed by atoms with Gasteiger partial charge < -0.3 is 15.4 Å². The highest BCUT2D eigenvalue weighted by Gasteiger charge is 2.26. The van der Waals surface area contributed by atoms with Crippen LogP contribution in [0.15, 0.2) is 54.2 Å². The van der Waals surface area contributed by atoms with Crippen molar-refractivity contribution in [1.82, 2.24) is 15.3 Å². The molecule has 30 heavy (non-hydrogen) atoms. The molecule has 0 radical (unpaired) electrons. The summed E-state index contributed by atoms with van der Waals surface area (Å²) in [6.07, 6.45) is 3.41. The number of aromatic nitrogens is 2. The number of benzene rings is 1. The summed E-state index contributed by atoms with van der Waals surface area (Å²) in [5, 5.41) is 7.96. The van der Waals surface area contributed by atoms with Crippen molar-refractivity contribution in [2.45, 2.75) is 26.8 Å². The molecule has 0 saturated carbocycles. The van der Waals surface area contributed by atoms with Crippen molar-refractivity contribution >= 4 is 28.3 Å². The zero-order valence-electron chi connectivity index (χ0n) is 17.1. The topological polar surface area (TPSA) is 93.2 Å². The van der Waals surface area contributed by atoms with Gasteiger partial charge in [-0.05, 0) is 37.1 Å². The van der Waals surface area contributed by atoms with E-state index < -0.39 is 6.04 Å². The zero-order valence-corrected chi connectivity index (χ0v) is 17.9. The third-order valence-electron chi connectivity index (χ3n) is 4.36. The monoisotopic (exact) mass is 424 g/mol. The molecule has 3 rings (SSSR count). The van der Waals surface area contributed by atoms with Crippen molar-refractivity contribution in [3.63, 3.8) is 0 Å². The quantitative estimate of drug-likeness (QED) is 0.570. The Balaban J connectivity index is 1.71. The summed E-state index contributed by atoms with van der Waals surface area (Å²) in [6.45, 7) is 6.05. The summed E-state index contributed by atoms with van der Waals surface area (Å²) in [6, 6.07) is 9.99. The molecule has 8 heteroatoms. The van der Waals surface area contributed by atoms with Crippen LogP contribution in [0.4, 0.5) is 5.13 Å². The van der Waals surface area contributed by atoms with Crippen molar-refractivity contribution in [1.29, 1.82) is 0 Å². The van der Waals surface area contributed by atoms with Gasteiger partial charge in [-0.15, -0.1) is 11.3 Å². The number of hydrogen-bond donors (Lipinski definition) is 2. The van der Waals surface area contributed by atoms with Crippen molar-refractivity contribution in [2.24, 2.45) is 5.92 Å². The minimum absolute atomic E-state index is 0.119. The molecule has 2 heterocycles. The zero-order chi connectivity index (χ0) is 21.5. The molecule has 2 amide bonds. The SMILES string of the molecule is CCOc1ccccc1C(=O)N[C@H](C(=O)Nc1nc(-c2cccnc2)cs1)C(C)C. The molecule has 0 spiro atoms. The van der Waals surface area contributed by atoms with Gasteiger partial charge in [0, 0.05) is 23.3 Å². The predicted octanol–water partition coefficient (Wildman–Crippen LogP) is 4.00. The molecule has 1 aromatic carbocycles. The van der Waals surface area contributed by atoms with Crippen LogP contribution < -0.4 is 15.4 Å². The molecule has 0 saturated heterocycles. The number of thiazole rings is 1. The van der Waals surface area contributed by atoms with Gasteiger partial charge in [0.25, 0.3) is 5.91 Å². The molecule has 2 N–H and O–H groups in total. The number of carbonyl (C=O) groups excluding carboxylic acids is 2. The maximum Gasteiger partial charge on any atom is 0.255 e. The first kappa shape index (κ1) is 21.4. The molecule has 0 unspecified atom stereocenters. The summed E-state index contributed by atoms with van der Waals surface area (Å²) < 4.78 is 5.53. The van der Waals surface area contributed by atoms with Crippen molar-refractivity contribution in [3.05, 3.63) is 59.7 Å². The number of amides is 2. The average molecular weight is 425 g/mol. The second kappa shape index (κ2) is 9.98. The van der Waals surface area contributed by atoms with Crippen molar-refractivity contribution in [2.75, 3.05) is 11.9 Å². The normalized spacial score (nSPS) is 11.7. The first-order valence-corrected chi connectivity index (χ1v) is 10.6. The van der Waals surface area contributed by atoms with E-state index in [1.165, 1.54) is 11.3 Å². The van der Waals surface area contributed by atoms with Crippen molar-refractivity contribution in [3.8, 4) is 17.0 Å². The Morgan fingerprint density at radius 3 is 2.67 bits per heavy atom. The molecule has 1 atom stereocenters. The Kier molecular flexibility index (Phi) is 7.13. The van der Waals surface area contributed by atoms with Crippen LogP contribution in [0.2, 0.25) is 0 Å². The molecule has 0 bridgehead atoms. The van der Waals surface area contributed by atoms with E-state index in [0.29, 0.717) is 23.1 Å². The second-order valence-corrected chi connectivity index (χ2v) is 7.75. The lowest BCUT2D eigenvalue weighted by Crippen LogP contribution is -2.47. The molecule has 0 fully saturated rings. The fourth-order valence-electron chi connectivity index (χ4n) is 2.85. The maximum absolute atomic E-state index is 12.9. The largest absolute Gasteiger partial charge is 0.493 e. The Bertz CT molecular complexity index is 1000. The number of nitrogens with one attached hydrogen (secondary N) is 2. The summed E-state index contributed by atoms with van der Waals surface area (Å²) in [7, 11) is 0. The highest BCUT2D eigenvalue weighted by Crippen LogP contribution is 2.24. The van der Waals surface area contributed by atoms with Gasteiger partial charge in [-0.2, -0.15) is 0 Å². The van der Waals surface area contributed by atoms with Gasteiger partial charge in [0.1, 0.15) is 11.8 Å². The number of pyridine rings is 1. The summed E-state index contributed by atoms with van der Waals surface area (Å²) in [4.78, 5) is 34.2. The van der Waals surface area contributed by atoms with Crippen LogP contribution in [0.1, 0.15) is 31.1 Å². The van der Waals surface area contributed by atoms with Gasteiger partial charge in [0.05, 0.1) is 17.9 Å². The molecule has 156 valence electrons. The maximum atomic E-state index is 12.9. The summed E-state index contributed by atoms with van der Waals surface area (Å²) in [5.41, 5.74) is 2.00. The van der Waals surface area contributed by atoms with Crippen LogP contribution in [-0.2, 0) is 4.79 Å². The van der Waals surface area contributed by atoms with Gasteiger partial charge >= 0.3 is 0 Å². The molecule has 0 aliphatic rings. The average Bonchev–Trinajstić information content (AvgIpc) is 3.21. The number of ether oxygens (including phenoxy) is 1. The standard InChI is InChI=1S/C22H24N4O3S/c1-4-29-18-10-6-5-9-16(18)20(27)25-19(14(2)3)21(28)26-22-24-17(13-30-22)15-8-7-11-23-12-15/h5-14,19H,4H2,1-3H3,(H,25,27)(H,24,26,28)/t19-/m0/s1. The van der Waals surface area contributed by atoms with Gasteiger partial charge in [-0.1, -0.05) is 26.0 Å². The highest BCUT2D eigenvalue weighted by molar-refractivity contribution is 7.14. The minimum Gasteiger partial charge on any atom is -0.493 e. The van der Waals surface area contributed by atoms with E-state index in [-0.39, 0.29) is 17.7 Å². The van der Waals surface area contributed by atoms with Gasteiger partial charge in [-0.25, -0.2) is 4.98 Å². The molecular weight excluding hydrogens is 400 g/mol. The second-order valence-electron chi connectivity index (χ2n) is 6.89. The minimum atomic E-state index is -0.724. The fourth-order valence-corrected chi connectivity index (χ4v) is 3.57. The van der Waals surface area contributed by atoms with Crippen LogP contribution in [0.25, 0.3) is 11.3 Å². The lowest BCUT2D eigenvalue weighted by Gasteiger charge is -2.21. The van der Waals surface area contributed by atoms with Crippen LogP contribution >= 0.6 is 11.3 Å². The number of rotatable bonds is 8. The van der Waals surface area contributed by atoms with E-state index in [1.807, 2.05) is 38.3 Å². The number of carbonyl (C=O) groups is 2. The Morgan fingerprint density at radius 1 is 1.17 bits per heavy atom. The summed E-state index contributed by atoms with van der Waals surface area (Å²) >= 11 is 1.32. The third kappa shape index (κ3) is 5.21. The molecular formula is C22H24N4O3S. The molecule has 7 nitrogen and oxygen atoms in total. The van der Waals surface area contributed by atoms with E-state index in [0.717, 1.165) is 11.3 Å². The first-order chi connectivity index (χ1) is 14.5. The Hall–Kier alpha value is -3.26. The fraction of sp³-hybridized carbons (Fsp3) is 0.273. The lowest BCUT2D eigenvalue weighted by molar-refractivity contribution is -0.118. The van der Waals surface area contributed by atoms with Crippen LogP contribution in [0.5, 0.6) is 5.75 Å². The van der Waals surface area contributed by atoms with Gasteiger partial charge in [0.15, 0.2) is 5.13 Å². The number of hydrogen-bond acceptors (Lipinski definition) is 6. The van der Waals surface area contributed by atoms with Crippen molar-refractivity contribution < 1.29 is 14.3 Å². The molecule has 2 aromatic heterocycles. The Labute approximate surface area is 179 Å². The molecule has 3 aromatic rings. The van der Waals surface area contributed by atoms with Gasteiger partial charge in [0.2, 0.25) is 5.91 Å². The smallest absolute Gasteiger partial charge is 0.255 e. The highest BCUT2D eigenvalue weighted by atomic mass is 32.1. The van der Waals surface area contributed by atoms with E-state index >= 15 is 0 Å². The van der Waals surface area contributed by atoms with E-state index in [9.17, 15) is 9.59 Å². The first-order valence-electron chi connectivity index (χ1n) is 9.69. The summed E-state index contributed by atoms with van der Waals surface area (Å²) in [5.74, 6) is -0.310. The van der Waals surface area contributed by atoms with Crippen LogP contribution in [-0.4, -0.2) is 34.4 Å². The van der Waals surface area contributed by atoms with E-state index in [2.05, 4.69) is 20.6 Å². The number of nitrogens with zero attached hydrogens (tertiary/aromatic N) is 2. The van der Waals surface area contributed by atoms with Gasteiger partial charge in [-0.3, -0.25) is 14.6 Å². The third-order valence-corrected chi connectivity index (χ3v) is 5.12. The van der Waals surface area contributed by atoms with E-state index in [1.54, 1.807) is 36.7 Å². The van der Waals surface area contributed by atoms with Crippen LogP contribution in [0, 0.1) is 5.92 Å². The molecule has 0 aliphatic carbocycles. The predicted molar refractivity (Wildman–Crippen MR) is 118 cm³/mol. The number of anilines is 1. The Morgan fingerprint density at radius 2 is 1.97 bits per heavy atom. The lowest BCUT2D eigenvalue weighted by atomic mass is 10.0. The number of para-hydroxylation sites is 1. The van der Waals surface area contributed by atoms with Crippen LogP contribution in [0.3, 0.4) is 0 Å². The van der Waals surface area contributed by atoms with E-state index in [4.69, 9.17) is 4.74 Å². The molecule has 0 aliphatic heterocycles.